The summed E-state index contributed by atoms with van der Waals surface area (Å²) in [4.78, 5) is 20.7. The van der Waals surface area contributed by atoms with Gasteiger partial charge in [0.2, 0.25) is 0 Å². The van der Waals surface area contributed by atoms with Crippen molar-refractivity contribution in [2.45, 2.75) is 19.8 Å². The first-order valence-corrected chi connectivity index (χ1v) is 4.45. The monoisotopic (exact) mass is 273 g/mol. The predicted octanol–water partition coefficient (Wildman–Crippen LogP) is 1.65. The third-order valence-electron chi connectivity index (χ3n) is 2.12. The Morgan fingerprint density at radius 2 is 1.94 bits per heavy atom. The van der Waals surface area contributed by atoms with E-state index in [0.717, 1.165) is 5.56 Å². The minimum absolute atomic E-state index is 0. The standard InChI is InChI=1S/C10H11NO4.Ca.Mg/c1-6(2)7-3-4-8(10(12)13)9(5-7)11(14)15;;/h3-6H,1-2H3,(H,12,13);;. The van der Waals surface area contributed by atoms with Crippen LogP contribution >= 0.6 is 0 Å². The van der Waals surface area contributed by atoms with E-state index in [9.17, 15) is 14.9 Å². The summed E-state index contributed by atoms with van der Waals surface area (Å²) in [5, 5.41) is 19.4. The average Bonchev–Trinajstić information content (AvgIpc) is 2.16. The Bertz CT molecular complexity index is 423. The number of aromatic carboxylic acids is 1. The third-order valence-corrected chi connectivity index (χ3v) is 2.12. The fraction of sp³-hybridized carbons (Fsp3) is 0.300. The van der Waals surface area contributed by atoms with Crippen molar-refractivity contribution in [1.82, 2.24) is 0 Å². The molecule has 0 bridgehead atoms. The maximum atomic E-state index is 10.7. The Labute approximate surface area is 145 Å². The molecule has 0 fully saturated rings. The quantitative estimate of drug-likeness (QED) is 0.516. The zero-order valence-corrected chi connectivity index (χ0v) is 13.5. The largest absolute Gasteiger partial charge is 0.477 e. The van der Waals surface area contributed by atoms with Gasteiger partial charge in [-0.25, -0.2) is 4.79 Å². The Kier molecular flexibility index (Phi) is 9.45. The van der Waals surface area contributed by atoms with E-state index in [-0.39, 0.29) is 78.0 Å². The van der Waals surface area contributed by atoms with E-state index < -0.39 is 10.9 Å². The van der Waals surface area contributed by atoms with Gasteiger partial charge < -0.3 is 5.11 Å². The number of nitro benzene ring substituents is 1. The third kappa shape index (κ3) is 5.09. The van der Waals surface area contributed by atoms with Gasteiger partial charge in [-0.2, -0.15) is 0 Å². The molecule has 0 amide bonds. The van der Waals surface area contributed by atoms with Crippen molar-refractivity contribution in [1.29, 1.82) is 0 Å². The molecule has 0 heterocycles. The zero-order valence-electron chi connectivity index (χ0n) is 9.84. The Morgan fingerprint density at radius 1 is 1.41 bits per heavy atom. The summed E-state index contributed by atoms with van der Waals surface area (Å²) in [6.45, 7) is 3.78. The SMILES string of the molecule is CC(C)c1ccc(C(=O)O)c([N+](=O)[O-])c1.[Ca].[Mg]. The normalized spacial score (nSPS) is 9.12. The van der Waals surface area contributed by atoms with Gasteiger partial charge >= 0.3 is 5.97 Å². The van der Waals surface area contributed by atoms with Crippen LogP contribution in [0.3, 0.4) is 0 Å². The molecule has 0 saturated heterocycles. The van der Waals surface area contributed by atoms with Crippen molar-refractivity contribution in [2.24, 2.45) is 0 Å². The number of carboxylic acids is 1. The van der Waals surface area contributed by atoms with Crippen LogP contribution in [0.2, 0.25) is 0 Å². The number of carbonyl (C=O) groups is 1. The van der Waals surface area contributed by atoms with Gasteiger partial charge in [-0.05, 0) is 17.5 Å². The molecule has 1 aromatic carbocycles. The number of benzene rings is 1. The van der Waals surface area contributed by atoms with Crippen LogP contribution in [0.5, 0.6) is 0 Å². The smallest absolute Gasteiger partial charge is 0.342 e. The molecule has 5 nitrogen and oxygen atoms in total. The molecule has 1 N–H and O–H groups in total. The molecule has 4 radical (unpaired) electrons. The van der Waals surface area contributed by atoms with Crippen molar-refractivity contribution in [3.05, 3.63) is 39.4 Å². The van der Waals surface area contributed by atoms with Crippen LogP contribution in [-0.2, 0) is 0 Å². The molecule has 0 aromatic heterocycles. The number of hydrogen-bond donors (Lipinski definition) is 1. The first kappa shape index (κ1) is 19.5. The maximum absolute atomic E-state index is 10.7. The van der Waals surface area contributed by atoms with Crippen molar-refractivity contribution in [2.75, 3.05) is 0 Å². The summed E-state index contributed by atoms with van der Waals surface area (Å²) >= 11 is 0. The van der Waals surface area contributed by atoms with Gasteiger partial charge in [0.1, 0.15) is 5.56 Å². The molecular formula is C10H11CaMgNO4. The fourth-order valence-corrected chi connectivity index (χ4v) is 1.24. The second-order valence-corrected chi connectivity index (χ2v) is 3.49. The molecule has 7 heteroatoms. The number of carboxylic acid groups (broad SMARTS) is 1. The second-order valence-electron chi connectivity index (χ2n) is 3.49. The summed E-state index contributed by atoms with van der Waals surface area (Å²) in [5.74, 6) is -1.15. The minimum atomic E-state index is -1.28. The molecule has 0 aliphatic rings. The average molecular weight is 274 g/mol. The van der Waals surface area contributed by atoms with E-state index in [2.05, 4.69) is 0 Å². The van der Waals surface area contributed by atoms with Gasteiger partial charge in [-0.3, -0.25) is 10.1 Å². The molecule has 1 rings (SSSR count). The molecule has 0 aliphatic heterocycles. The Balaban J connectivity index is 0. The van der Waals surface area contributed by atoms with Crippen molar-refractivity contribution < 1.29 is 14.8 Å². The van der Waals surface area contributed by atoms with Gasteiger partial charge in [0, 0.05) is 66.9 Å². The van der Waals surface area contributed by atoms with Crippen LogP contribution in [0.1, 0.15) is 35.7 Å². The van der Waals surface area contributed by atoms with Gasteiger partial charge in [-0.1, -0.05) is 19.9 Å². The number of nitrogens with zero attached hydrogens (tertiary/aromatic N) is 1. The molecule has 1 aromatic rings. The predicted molar refractivity (Wildman–Crippen MR) is 65.7 cm³/mol. The van der Waals surface area contributed by atoms with Crippen molar-refractivity contribution >= 4 is 72.4 Å². The van der Waals surface area contributed by atoms with E-state index in [1.165, 1.54) is 12.1 Å². The van der Waals surface area contributed by atoms with Gasteiger partial charge in [0.05, 0.1) is 4.92 Å². The van der Waals surface area contributed by atoms with E-state index in [0.29, 0.717) is 0 Å². The summed E-state index contributed by atoms with van der Waals surface area (Å²) in [7, 11) is 0. The molecule has 0 saturated carbocycles. The topological polar surface area (TPSA) is 80.4 Å². The maximum Gasteiger partial charge on any atom is 0.342 e. The van der Waals surface area contributed by atoms with Gasteiger partial charge in [0.25, 0.3) is 5.69 Å². The minimum Gasteiger partial charge on any atom is -0.477 e. The van der Waals surface area contributed by atoms with Crippen LogP contribution in [0.15, 0.2) is 18.2 Å². The van der Waals surface area contributed by atoms with Gasteiger partial charge in [0.15, 0.2) is 0 Å². The first-order chi connectivity index (χ1) is 6.93. The summed E-state index contributed by atoms with van der Waals surface area (Å²) in [6, 6.07) is 4.19. The number of rotatable bonds is 3. The molecule has 0 atom stereocenters. The summed E-state index contributed by atoms with van der Waals surface area (Å²) in [6.07, 6.45) is 0. The Hall–Kier alpha value is 0.116. The zero-order chi connectivity index (χ0) is 11.6. The summed E-state index contributed by atoms with van der Waals surface area (Å²) in [5.41, 5.74) is 0.129. The molecule has 0 aliphatic carbocycles. The van der Waals surface area contributed by atoms with Crippen LogP contribution in [-0.4, -0.2) is 76.8 Å². The molecular weight excluding hydrogens is 262 g/mol. The molecule has 84 valence electrons. The van der Waals surface area contributed by atoms with Crippen LogP contribution < -0.4 is 0 Å². The van der Waals surface area contributed by atoms with Crippen LogP contribution in [0.25, 0.3) is 0 Å². The molecule has 0 spiro atoms. The van der Waals surface area contributed by atoms with Crippen molar-refractivity contribution in [3.8, 4) is 0 Å². The first-order valence-electron chi connectivity index (χ1n) is 4.45. The second kappa shape index (κ2) is 8.26. The van der Waals surface area contributed by atoms with Crippen LogP contribution in [0.4, 0.5) is 5.69 Å². The molecule has 17 heavy (non-hydrogen) atoms. The van der Waals surface area contributed by atoms with Crippen molar-refractivity contribution in [3.63, 3.8) is 0 Å². The Morgan fingerprint density at radius 3 is 2.29 bits per heavy atom. The number of hydrogen-bond acceptors (Lipinski definition) is 3. The van der Waals surface area contributed by atoms with E-state index in [1.807, 2.05) is 13.8 Å². The molecule has 0 unspecified atom stereocenters. The van der Waals surface area contributed by atoms with E-state index in [4.69, 9.17) is 5.11 Å². The van der Waals surface area contributed by atoms with E-state index >= 15 is 0 Å². The number of nitro groups is 1. The van der Waals surface area contributed by atoms with E-state index in [1.54, 1.807) is 6.07 Å². The fourth-order valence-electron chi connectivity index (χ4n) is 1.24. The van der Waals surface area contributed by atoms with Gasteiger partial charge in [-0.15, -0.1) is 0 Å². The van der Waals surface area contributed by atoms with Crippen LogP contribution in [0, 0.1) is 10.1 Å². The summed E-state index contributed by atoms with van der Waals surface area (Å²) < 4.78 is 0.